The number of hydrogen-bond acceptors (Lipinski definition) is 3. The van der Waals surface area contributed by atoms with Crippen LogP contribution in [0.3, 0.4) is 0 Å². The van der Waals surface area contributed by atoms with Gasteiger partial charge < -0.3 is 10.1 Å². The van der Waals surface area contributed by atoms with Crippen LogP contribution in [0.5, 0.6) is 0 Å². The molecule has 1 N–H and O–H groups in total. The summed E-state index contributed by atoms with van der Waals surface area (Å²) in [5.74, 6) is 0. The highest BCUT2D eigenvalue weighted by Gasteiger charge is 2.38. The summed E-state index contributed by atoms with van der Waals surface area (Å²) in [5.41, 5.74) is 0.273. The summed E-state index contributed by atoms with van der Waals surface area (Å²) in [6.45, 7) is 2.93. The summed E-state index contributed by atoms with van der Waals surface area (Å²) in [6, 6.07) is 0. The molecule has 0 bridgehead atoms. The maximum absolute atomic E-state index is 5.13. The van der Waals surface area contributed by atoms with Crippen molar-refractivity contribution in [1.29, 1.82) is 0 Å². The topological polar surface area (TPSA) is 24.5 Å². The first-order valence-electron chi connectivity index (χ1n) is 3.58. The Balaban J connectivity index is 0.000001000. The Hall–Kier alpha value is 0.170. The Bertz CT molecular complexity index is 115. The first-order chi connectivity index (χ1) is 4.71. The van der Waals surface area contributed by atoms with Crippen molar-refractivity contribution < 1.29 is 4.74 Å². The zero-order chi connectivity index (χ0) is 7.61. The fourth-order valence-corrected chi connectivity index (χ4v) is 1.23. The highest BCUT2D eigenvalue weighted by atomic mass is 35.5. The summed E-state index contributed by atoms with van der Waals surface area (Å²) in [4.78, 5) is 2.23. The second kappa shape index (κ2) is 4.26. The molecule has 1 aliphatic rings. The number of nitrogens with one attached hydrogen (secondary N) is 1. The zero-order valence-corrected chi connectivity index (χ0v) is 8.20. The third-order valence-corrected chi connectivity index (χ3v) is 2.27. The van der Waals surface area contributed by atoms with Gasteiger partial charge in [0.2, 0.25) is 0 Å². The van der Waals surface area contributed by atoms with E-state index in [9.17, 15) is 0 Å². The van der Waals surface area contributed by atoms with Crippen molar-refractivity contribution in [2.45, 2.75) is 5.54 Å². The van der Waals surface area contributed by atoms with E-state index >= 15 is 0 Å². The third-order valence-electron chi connectivity index (χ3n) is 2.27. The highest BCUT2D eigenvalue weighted by Crippen LogP contribution is 2.16. The van der Waals surface area contributed by atoms with Crippen LogP contribution in [0, 0.1) is 0 Å². The zero-order valence-electron chi connectivity index (χ0n) is 7.39. The molecule has 0 aromatic carbocycles. The number of hydrogen-bond donors (Lipinski definition) is 1. The molecule has 0 unspecified atom stereocenters. The molecule has 1 aliphatic heterocycles. The molecule has 68 valence electrons. The Morgan fingerprint density at radius 2 is 2.00 bits per heavy atom. The average molecular weight is 181 g/mol. The van der Waals surface area contributed by atoms with Crippen LogP contribution < -0.4 is 5.32 Å². The lowest BCUT2D eigenvalue weighted by Crippen LogP contribution is -2.69. The van der Waals surface area contributed by atoms with Gasteiger partial charge in [-0.1, -0.05) is 0 Å². The Labute approximate surface area is 74.5 Å². The van der Waals surface area contributed by atoms with Crippen molar-refractivity contribution in [2.75, 3.05) is 40.9 Å². The minimum atomic E-state index is 0. The molecule has 1 rings (SSSR count). The van der Waals surface area contributed by atoms with Gasteiger partial charge in [-0.25, -0.2) is 0 Å². The summed E-state index contributed by atoms with van der Waals surface area (Å²) in [5, 5.41) is 3.25. The van der Waals surface area contributed by atoms with Gasteiger partial charge in [0.25, 0.3) is 0 Å². The standard InChI is InChI=1S/C7H16N2O.ClH/c1-9(2)7(6-10-3)4-8-5-7;/h8H,4-6H2,1-3H3;1H. The molecule has 0 atom stereocenters. The highest BCUT2D eigenvalue weighted by molar-refractivity contribution is 5.85. The van der Waals surface area contributed by atoms with E-state index < -0.39 is 0 Å². The summed E-state index contributed by atoms with van der Waals surface area (Å²) in [6.07, 6.45) is 0. The van der Waals surface area contributed by atoms with Gasteiger partial charge in [0, 0.05) is 20.2 Å². The fraction of sp³-hybridized carbons (Fsp3) is 1.00. The van der Waals surface area contributed by atoms with Crippen molar-refractivity contribution in [2.24, 2.45) is 0 Å². The van der Waals surface area contributed by atoms with Gasteiger partial charge >= 0.3 is 0 Å². The number of nitrogens with zero attached hydrogens (tertiary/aromatic N) is 1. The predicted octanol–water partition coefficient (Wildman–Crippen LogP) is -0.0418. The molecule has 1 fully saturated rings. The number of likely N-dealkylation sites (N-methyl/N-ethyl adjacent to an activating group) is 1. The van der Waals surface area contributed by atoms with Gasteiger partial charge in [-0.2, -0.15) is 0 Å². The monoisotopic (exact) mass is 180 g/mol. The molecule has 0 radical (unpaired) electrons. The van der Waals surface area contributed by atoms with E-state index in [0.717, 1.165) is 19.7 Å². The smallest absolute Gasteiger partial charge is 0.0688 e. The molecule has 0 saturated carbocycles. The molecule has 1 saturated heterocycles. The van der Waals surface area contributed by atoms with Gasteiger partial charge in [-0.05, 0) is 14.1 Å². The van der Waals surface area contributed by atoms with Crippen LogP contribution in [-0.2, 0) is 4.74 Å². The Morgan fingerprint density at radius 3 is 2.09 bits per heavy atom. The van der Waals surface area contributed by atoms with Crippen molar-refractivity contribution in [1.82, 2.24) is 10.2 Å². The Morgan fingerprint density at radius 1 is 1.45 bits per heavy atom. The average Bonchev–Trinajstić information content (AvgIpc) is 1.77. The van der Waals surface area contributed by atoms with Crippen LogP contribution in [-0.4, -0.2) is 51.3 Å². The van der Waals surface area contributed by atoms with Gasteiger partial charge in [-0.15, -0.1) is 12.4 Å². The molecule has 0 aromatic heterocycles. The van der Waals surface area contributed by atoms with Crippen molar-refractivity contribution in [3.63, 3.8) is 0 Å². The molecule has 3 nitrogen and oxygen atoms in total. The molecule has 4 heteroatoms. The van der Waals surface area contributed by atoms with E-state index in [1.165, 1.54) is 0 Å². The van der Waals surface area contributed by atoms with Crippen LogP contribution >= 0.6 is 12.4 Å². The SMILES string of the molecule is COCC1(N(C)C)CNC1.Cl. The predicted molar refractivity (Wildman–Crippen MR) is 48.4 cm³/mol. The number of methoxy groups -OCH3 is 1. The minimum absolute atomic E-state index is 0. The summed E-state index contributed by atoms with van der Waals surface area (Å²) in [7, 11) is 5.95. The molecule has 0 amide bonds. The van der Waals surface area contributed by atoms with Crippen LogP contribution in [0.15, 0.2) is 0 Å². The van der Waals surface area contributed by atoms with Crippen molar-refractivity contribution in [3.05, 3.63) is 0 Å². The lowest BCUT2D eigenvalue weighted by molar-refractivity contribution is 0.00326. The van der Waals surface area contributed by atoms with Crippen LogP contribution in [0.4, 0.5) is 0 Å². The van der Waals surface area contributed by atoms with E-state index in [2.05, 4.69) is 24.3 Å². The second-order valence-electron chi connectivity index (χ2n) is 3.16. The van der Waals surface area contributed by atoms with Gasteiger partial charge in [0.1, 0.15) is 0 Å². The van der Waals surface area contributed by atoms with Gasteiger partial charge in [-0.3, -0.25) is 4.90 Å². The molecule has 1 heterocycles. The molecule has 0 aliphatic carbocycles. The van der Waals surface area contributed by atoms with Gasteiger partial charge in [0.05, 0.1) is 12.1 Å². The number of rotatable bonds is 3. The lowest BCUT2D eigenvalue weighted by Gasteiger charge is -2.47. The summed E-state index contributed by atoms with van der Waals surface area (Å²) >= 11 is 0. The lowest BCUT2D eigenvalue weighted by atomic mass is 9.92. The maximum Gasteiger partial charge on any atom is 0.0688 e. The van der Waals surface area contributed by atoms with E-state index in [-0.39, 0.29) is 17.9 Å². The van der Waals surface area contributed by atoms with E-state index in [4.69, 9.17) is 4.74 Å². The quantitative estimate of drug-likeness (QED) is 0.660. The first kappa shape index (κ1) is 11.2. The van der Waals surface area contributed by atoms with Crippen molar-refractivity contribution >= 4 is 12.4 Å². The molecule has 0 aromatic rings. The summed E-state index contributed by atoms with van der Waals surface area (Å²) < 4.78 is 5.13. The van der Waals surface area contributed by atoms with Crippen LogP contribution in [0.1, 0.15) is 0 Å². The largest absolute Gasteiger partial charge is 0.383 e. The Kier molecular flexibility index (Phi) is 4.32. The van der Waals surface area contributed by atoms with Gasteiger partial charge in [0.15, 0.2) is 0 Å². The maximum atomic E-state index is 5.13. The normalized spacial score (nSPS) is 20.7. The second-order valence-corrected chi connectivity index (χ2v) is 3.16. The third kappa shape index (κ3) is 2.06. The molecular weight excluding hydrogens is 164 g/mol. The van der Waals surface area contributed by atoms with Crippen LogP contribution in [0.25, 0.3) is 0 Å². The van der Waals surface area contributed by atoms with Crippen LogP contribution in [0.2, 0.25) is 0 Å². The van der Waals surface area contributed by atoms with E-state index in [1.807, 2.05) is 0 Å². The van der Waals surface area contributed by atoms with E-state index in [1.54, 1.807) is 7.11 Å². The number of halogens is 1. The minimum Gasteiger partial charge on any atom is -0.383 e. The van der Waals surface area contributed by atoms with E-state index in [0.29, 0.717) is 0 Å². The number of ether oxygens (including phenoxy) is 1. The molecule has 0 spiro atoms. The molecule has 11 heavy (non-hydrogen) atoms. The first-order valence-corrected chi connectivity index (χ1v) is 3.58. The fourth-order valence-electron chi connectivity index (χ4n) is 1.23. The van der Waals surface area contributed by atoms with Crippen molar-refractivity contribution in [3.8, 4) is 0 Å². The molecular formula is C7H17ClN2O.